The minimum atomic E-state index is 0.425. The molecule has 0 aliphatic rings. The zero-order valence-electron chi connectivity index (χ0n) is 10.5. The first kappa shape index (κ1) is 12.6. The predicted molar refractivity (Wildman–Crippen MR) is 68.4 cm³/mol. The van der Waals surface area contributed by atoms with E-state index in [1.54, 1.807) is 0 Å². The van der Waals surface area contributed by atoms with Crippen molar-refractivity contribution in [3.63, 3.8) is 0 Å². The fourth-order valence-corrected chi connectivity index (χ4v) is 1.81. The molecule has 2 nitrogen and oxygen atoms in total. The molecule has 86 valence electrons. The van der Waals surface area contributed by atoms with Gasteiger partial charge in [0.2, 0.25) is 0 Å². The van der Waals surface area contributed by atoms with E-state index in [4.69, 9.17) is 5.26 Å². The highest BCUT2D eigenvalue weighted by molar-refractivity contribution is 5.59. The molecule has 1 atom stereocenters. The van der Waals surface area contributed by atoms with E-state index in [1.807, 2.05) is 25.1 Å². The van der Waals surface area contributed by atoms with Crippen LogP contribution in [-0.4, -0.2) is 6.04 Å². The number of hydrogen-bond donors (Lipinski definition) is 1. The summed E-state index contributed by atoms with van der Waals surface area (Å²) in [6.07, 6.45) is 1.07. The van der Waals surface area contributed by atoms with Crippen LogP contribution in [0.25, 0.3) is 0 Å². The number of rotatable bonds is 4. The molecule has 0 heterocycles. The Morgan fingerprint density at radius 3 is 2.56 bits per heavy atom. The van der Waals surface area contributed by atoms with E-state index in [2.05, 4.69) is 32.2 Å². The van der Waals surface area contributed by atoms with Crippen LogP contribution in [0.5, 0.6) is 0 Å². The van der Waals surface area contributed by atoms with Crippen LogP contribution in [-0.2, 0) is 0 Å². The van der Waals surface area contributed by atoms with Crippen molar-refractivity contribution in [2.75, 3.05) is 5.32 Å². The Bertz CT molecular complexity index is 388. The van der Waals surface area contributed by atoms with Gasteiger partial charge in [-0.25, -0.2) is 0 Å². The number of nitrogens with one attached hydrogen (secondary N) is 1. The van der Waals surface area contributed by atoms with Gasteiger partial charge in [-0.2, -0.15) is 5.26 Å². The van der Waals surface area contributed by atoms with Gasteiger partial charge < -0.3 is 5.32 Å². The second kappa shape index (κ2) is 5.55. The number of hydrogen-bond acceptors (Lipinski definition) is 2. The lowest BCUT2D eigenvalue weighted by Crippen LogP contribution is -2.25. The molecule has 0 spiro atoms. The van der Waals surface area contributed by atoms with Crippen LogP contribution < -0.4 is 5.32 Å². The first-order valence-electron chi connectivity index (χ1n) is 5.85. The third-order valence-corrected chi connectivity index (χ3v) is 2.88. The molecule has 1 N–H and O–H groups in total. The second-order valence-corrected chi connectivity index (χ2v) is 4.56. The van der Waals surface area contributed by atoms with Crippen molar-refractivity contribution in [2.45, 2.75) is 40.2 Å². The lowest BCUT2D eigenvalue weighted by atomic mass is 10.0. The SMILES string of the molecule is CCC(Nc1cc(C)ccc1C#N)C(C)C. The molecule has 0 amide bonds. The standard InChI is InChI=1S/C14H20N2/c1-5-13(10(2)3)16-14-8-11(4)6-7-12(14)9-15/h6-8,10,13,16H,5H2,1-4H3. The zero-order valence-corrected chi connectivity index (χ0v) is 10.5. The minimum absolute atomic E-state index is 0.425. The van der Waals surface area contributed by atoms with Gasteiger partial charge in [-0.05, 0) is 37.0 Å². The largest absolute Gasteiger partial charge is 0.381 e. The van der Waals surface area contributed by atoms with Gasteiger partial charge in [0.05, 0.1) is 11.3 Å². The van der Waals surface area contributed by atoms with Gasteiger partial charge in [-0.15, -0.1) is 0 Å². The molecule has 0 aliphatic heterocycles. The molecular formula is C14H20N2. The average Bonchev–Trinajstić information content (AvgIpc) is 2.25. The molecule has 1 unspecified atom stereocenters. The van der Waals surface area contributed by atoms with Gasteiger partial charge in [0.1, 0.15) is 6.07 Å². The Hall–Kier alpha value is -1.49. The number of anilines is 1. The quantitative estimate of drug-likeness (QED) is 0.832. The Labute approximate surface area is 98.3 Å². The maximum atomic E-state index is 9.04. The highest BCUT2D eigenvalue weighted by Gasteiger charge is 2.12. The van der Waals surface area contributed by atoms with Crippen molar-refractivity contribution < 1.29 is 0 Å². The molecule has 0 saturated heterocycles. The molecule has 0 radical (unpaired) electrons. The van der Waals surface area contributed by atoms with Gasteiger partial charge in [0.25, 0.3) is 0 Å². The fraction of sp³-hybridized carbons (Fsp3) is 0.500. The monoisotopic (exact) mass is 216 g/mol. The molecule has 0 fully saturated rings. The van der Waals surface area contributed by atoms with Crippen molar-refractivity contribution in [1.29, 1.82) is 5.26 Å². The number of nitrogens with zero attached hydrogens (tertiary/aromatic N) is 1. The third kappa shape index (κ3) is 3.00. The van der Waals surface area contributed by atoms with Crippen molar-refractivity contribution in [1.82, 2.24) is 0 Å². The summed E-state index contributed by atoms with van der Waals surface area (Å²) < 4.78 is 0. The summed E-state index contributed by atoms with van der Waals surface area (Å²) in [6.45, 7) is 8.61. The minimum Gasteiger partial charge on any atom is -0.381 e. The molecule has 2 heteroatoms. The highest BCUT2D eigenvalue weighted by Crippen LogP contribution is 2.20. The smallest absolute Gasteiger partial charge is 0.101 e. The first-order valence-corrected chi connectivity index (χ1v) is 5.85. The zero-order chi connectivity index (χ0) is 12.1. The van der Waals surface area contributed by atoms with Crippen molar-refractivity contribution >= 4 is 5.69 Å². The van der Waals surface area contributed by atoms with Gasteiger partial charge in [-0.1, -0.05) is 26.8 Å². The molecule has 0 saturated carbocycles. The topological polar surface area (TPSA) is 35.8 Å². The summed E-state index contributed by atoms with van der Waals surface area (Å²) >= 11 is 0. The Morgan fingerprint density at radius 2 is 2.06 bits per heavy atom. The summed E-state index contributed by atoms with van der Waals surface area (Å²) in [5.74, 6) is 0.567. The lowest BCUT2D eigenvalue weighted by molar-refractivity contribution is 0.511. The molecule has 1 rings (SSSR count). The first-order chi connectivity index (χ1) is 7.58. The molecule has 1 aromatic carbocycles. The van der Waals surface area contributed by atoms with E-state index in [1.165, 1.54) is 5.56 Å². The Balaban J connectivity index is 2.95. The summed E-state index contributed by atoms with van der Waals surface area (Å²) in [6, 6.07) is 8.55. The molecule has 0 aliphatic carbocycles. The van der Waals surface area contributed by atoms with E-state index in [0.29, 0.717) is 12.0 Å². The molecule has 0 aromatic heterocycles. The van der Waals surface area contributed by atoms with E-state index < -0.39 is 0 Å². The van der Waals surface area contributed by atoms with Crippen LogP contribution in [0.3, 0.4) is 0 Å². The van der Waals surface area contributed by atoms with Gasteiger partial charge in [-0.3, -0.25) is 0 Å². The summed E-state index contributed by atoms with van der Waals surface area (Å²) in [5, 5.41) is 12.5. The summed E-state index contributed by atoms with van der Waals surface area (Å²) in [7, 11) is 0. The van der Waals surface area contributed by atoms with Gasteiger partial charge in [0, 0.05) is 6.04 Å². The number of benzene rings is 1. The summed E-state index contributed by atoms with van der Waals surface area (Å²) in [5.41, 5.74) is 2.87. The van der Waals surface area contributed by atoms with E-state index in [-0.39, 0.29) is 0 Å². The van der Waals surface area contributed by atoms with Gasteiger partial charge >= 0.3 is 0 Å². The van der Waals surface area contributed by atoms with Crippen molar-refractivity contribution in [3.05, 3.63) is 29.3 Å². The van der Waals surface area contributed by atoms with E-state index in [0.717, 1.165) is 17.7 Å². The van der Waals surface area contributed by atoms with Crippen molar-refractivity contribution in [3.8, 4) is 6.07 Å². The van der Waals surface area contributed by atoms with E-state index in [9.17, 15) is 0 Å². The van der Waals surface area contributed by atoms with Crippen LogP contribution in [0.2, 0.25) is 0 Å². The summed E-state index contributed by atoms with van der Waals surface area (Å²) in [4.78, 5) is 0. The highest BCUT2D eigenvalue weighted by atomic mass is 14.9. The van der Waals surface area contributed by atoms with Crippen LogP contribution in [0, 0.1) is 24.2 Å². The maximum absolute atomic E-state index is 9.04. The van der Waals surface area contributed by atoms with Crippen LogP contribution >= 0.6 is 0 Å². The third-order valence-electron chi connectivity index (χ3n) is 2.88. The molecule has 0 bridgehead atoms. The Kier molecular flexibility index (Phi) is 4.37. The Morgan fingerprint density at radius 1 is 1.38 bits per heavy atom. The lowest BCUT2D eigenvalue weighted by Gasteiger charge is -2.22. The average molecular weight is 216 g/mol. The van der Waals surface area contributed by atoms with E-state index >= 15 is 0 Å². The maximum Gasteiger partial charge on any atom is 0.101 e. The number of aryl methyl sites for hydroxylation is 1. The fourth-order valence-electron chi connectivity index (χ4n) is 1.81. The van der Waals surface area contributed by atoms with Gasteiger partial charge in [0.15, 0.2) is 0 Å². The molecule has 1 aromatic rings. The normalized spacial score (nSPS) is 12.2. The van der Waals surface area contributed by atoms with Crippen molar-refractivity contribution in [2.24, 2.45) is 5.92 Å². The second-order valence-electron chi connectivity index (χ2n) is 4.56. The van der Waals surface area contributed by atoms with Crippen LogP contribution in [0.1, 0.15) is 38.3 Å². The van der Waals surface area contributed by atoms with Crippen LogP contribution in [0.4, 0.5) is 5.69 Å². The van der Waals surface area contributed by atoms with Crippen LogP contribution in [0.15, 0.2) is 18.2 Å². The number of nitriles is 1. The molecule has 16 heavy (non-hydrogen) atoms. The predicted octanol–water partition coefficient (Wildman–Crippen LogP) is 3.71. The molecular weight excluding hydrogens is 196 g/mol.